The second kappa shape index (κ2) is 5.07. The van der Waals surface area contributed by atoms with E-state index in [1.54, 1.807) is 0 Å². The maximum Gasteiger partial charge on any atom is 0.315 e. The van der Waals surface area contributed by atoms with Gasteiger partial charge < -0.3 is 10.4 Å². The molecule has 0 spiro atoms. The number of carbonyl (C=O) groups excluding carboxylic acids is 1. The topological polar surface area (TPSA) is 79.3 Å². The lowest BCUT2D eigenvalue weighted by Gasteiger charge is -2.05. The quantitative estimate of drug-likeness (QED) is 0.791. The van der Waals surface area contributed by atoms with Crippen molar-refractivity contribution in [2.45, 2.75) is 26.7 Å². The van der Waals surface area contributed by atoms with Gasteiger partial charge in [0.2, 0.25) is 5.91 Å². The van der Waals surface area contributed by atoms with Crippen LogP contribution in [0.5, 0.6) is 0 Å². The molecule has 1 rings (SSSR count). The average Bonchev–Trinajstić information content (AvgIpc) is 2.64. The molecule has 5 nitrogen and oxygen atoms in total. The summed E-state index contributed by atoms with van der Waals surface area (Å²) < 4.78 is 0. The second-order valence-corrected chi connectivity index (χ2v) is 4.64. The van der Waals surface area contributed by atoms with Crippen LogP contribution in [0.2, 0.25) is 0 Å². The van der Waals surface area contributed by atoms with E-state index in [-0.39, 0.29) is 0 Å². The van der Waals surface area contributed by atoms with Crippen LogP contribution in [0.4, 0.5) is 5.13 Å². The third-order valence-corrected chi connectivity index (χ3v) is 2.88. The minimum absolute atomic E-state index is 0.291. The summed E-state index contributed by atoms with van der Waals surface area (Å²) in [7, 11) is 0. The lowest BCUT2D eigenvalue weighted by molar-refractivity contribution is -0.144. The molecule has 0 aliphatic carbocycles. The van der Waals surface area contributed by atoms with Gasteiger partial charge in [0, 0.05) is 5.38 Å². The molecule has 1 unspecified atom stereocenters. The average molecular weight is 242 g/mol. The molecule has 1 amide bonds. The van der Waals surface area contributed by atoms with E-state index < -0.39 is 17.8 Å². The predicted octanol–water partition coefficient (Wildman–Crippen LogP) is 1.93. The number of carbonyl (C=O) groups is 2. The highest BCUT2D eigenvalue weighted by Gasteiger charge is 2.21. The van der Waals surface area contributed by atoms with Crippen molar-refractivity contribution in [1.29, 1.82) is 0 Å². The lowest BCUT2D eigenvalue weighted by Crippen LogP contribution is -2.26. The molecule has 88 valence electrons. The Bertz CT molecular complexity index is 401. The van der Waals surface area contributed by atoms with E-state index in [9.17, 15) is 9.59 Å². The number of anilines is 1. The molecule has 0 aliphatic rings. The summed E-state index contributed by atoms with van der Waals surface area (Å²) in [5.74, 6) is -2.46. The van der Waals surface area contributed by atoms with E-state index in [2.05, 4.69) is 10.3 Å². The molecule has 0 fully saturated rings. The third kappa shape index (κ3) is 3.03. The van der Waals surface area contributed by atoms with Crippen LogP contribution in [-0.2, 0) is 9.59 Å². The number of nitrogens with one attached hydrogen (secondary N) is 1. The van der Waals surface area contributed by atoms with Gasteiger partial charge in [-0.15, -0.1) is 11.3 Å². The van der Waals surface area contributed by atoms with Crippen LogP contribution in [0.1, 0.15) is 32.4 Å². The zero-order valence-corrected chi connectivity index (χ0v) is 10.2. The predicted molar refractivity (Wildman–Crippen MR) is 61.6 cm³/mol. The van der Waals surface area contributed by atoms with Gasteiger partial charge in [0.1, 0.15) is 5.92 Å². The monoisotopic (exact) mass is 242 g/mol. The zero-order valence-electron chi connectivity index (χ0n) is 9.35. The van der Waals surface area contributed by atoms with Gasteiger partial charge in [-0.1, -0.05) is 13.8 Å². The van der Waals surface area contributed by atoms with Crippen molar-refractivity contribution in [1.82, 2.24) is 4.98 Å². The van der Waals surface area contributed by atoms with Crippen LogP contribution < -0.4 is 5.32 Å². The molecule has 0 aliphatic heterocycles. The number of nitrogens with zero attached hydrogens (tertiary/aromatic N) is 1. The van der Waals surface area contributed by atoms with Gasteiger partial charge in [-0.3, -0.25) is 9.59 Å². The van der Waals surface area contributed by atoms with Crippen molar-refractivity contribution in [3.05, 3.63) is 11.1 Å². The molecule has 0 bridgehead atoms. The first kappa shape index (κ1) is 12.6. The molecule has 1 aromatic heterocycles. The van der Waals surface area contributed by atoms with Crippen LogP contribution in [0.3, 0.4) is 0 Å². The highest BCUT2D eigenvalue weighted by molar-refractivity contribution is 7.13. The number of hydrogen-bond acceptors (Lipinski definition) is 4. The Morgan fingerprint density at radius 2 is 2.06 bits per heavy atom. The molecule has 0 aromatic carbocycles. The van der Waals surface area contributed by atoms with E-state index in [0.29, 0.717) is 11.0 Å². The molecule has 0 radical (unpaired) electrons. The van der Waals surface area contributed by atoms with Gasteiger partial charge in [-0.2, -0.15) is 0 Å². The summed E-state index contributed by atoms with van der Waals surface area (Å²) in [5, 5.41) is 13.4. The van der Waals surface area contributed by atoms with Crippen LogP contribution >= 0.6 is 11.3 Å². The van der Waals surface area contributed by atoms with Gasteiger partial charge in [0.05, 0.1) is 5.69 Å². The fraction of sp³-hybridized carbons (Fsp3) is 0.500. The first-order chi connectivity index (χ1) is 7.41. The molecular formula is C10H14N2O3S. The number of rotatable bonds is 4. The minimum Gasteiger partial charge on any atom is -0.481 e. The largest absolute Gasteiger partial charge is 0.481 e. The van der Waals surface area contributed by atoms with E-state index >= 15 is 0 Å². The van der Waals surface area contributed by atoms with Crippen LogP contribution in [0, 0.1) is 5.92 Å². The summed E-state index contributed by atoms with van der Waals surface area (Å²) in [6.45, 7) is 5.34. The van der Waals surface area contributed by atoms with E-state index in [0.717, 1.165) is 5.69 Å². The minimum atomic E-state index is -1.14. The Hall–Kier alpha value is -1.43. The number of aromatic nitrogens is 1. The van der Waals surface area contributed by atoms with Gasteiger partial charge in [0.15, 0.2) is 5.13 Å². The van der Waals surface area contributed by atoms with E-state index in [1.807, 2.05) is 19.2 Å². The summed E-state index contributed by atoms with van der Waals surface area (Å²) in [4.78, 5) is 26.2. The second-order valence-electron chi connectivity index (χ2n) is 3.78. The Kier molecular flexibility index (Phi) is 4.00. The number of thiazole rings is 1. The normalized spacial score (nSPS) is 12.5. The van der Waals surface area contributed by atoms with Crippen LogP contribution in [-0.4, -0.2) is 22.0 Å². The molecule has 0 saturated carbocycles. The number of carboxylic acid groups (broad SMARTS) is 1. The number of hydrogen-bond donors (Lipinski definition) is 2. The van der Waals surface area contributed by atoms with Crippen LogP contribution in [0.25, 0.3) is 0 Å². The maximum atomic E-state index is 11.4. The molecule has 2 N–H and O–H groups in total. The number of amides is 1. The summed E-state index contributed by atoms with van der Waals surface area (Å²) in [5.41, 5.74) is 0.892. The highest BCUT2D eigenvalue weighted by Crippen LogP contribution is 2.21. The van der Waals surface area contributed by atoms with Crippen molar-refractivity contribution >= 4 is 28.3 Å². The van der Waals surface area contributed by atoms with Crippen molar-refractivity contribution in [2.75, 3.05) is 5.32 Å². The Balaban J connectivity index is 2.66. The zero-order chi connectivity index (χ0) is 12.3. The molecular weight excluding hydrogens is 228 g/mol. The fourth-order valence-corrected chi connectivity index (χ4v) is 1.81. The Labute approximate surface area is 97.5 Å². The standard InChI is InChI=1S/C10H14N2O3S/c1-5(2)7-4-16-10(11-7)12-8(13)6(3)9(14)15/h4-6H,1-3H3,(H,14,15)(H,11,12,13). The van der Waals surface area contributed by atoms with Crippen molar-refractivity contribution < 1.29 is 14.7 Å². The number of aliphatic carboxylic acids is 1. The molecule has 6 heteroatoms. The van der Waals surface area contributed by atoms with Gasteiger partial charge in [0.25, 0.3) is 0 Å². The first-order valence-electron chi connectivity index (χ1n) is 4.91. The molecule has 1 atom stereocenters. The SMILES string of the molecule is CC(C(=O)O)C(=O)Nc1nc(C(C)C)cs1. The molecule has 0 saturated heterocycles. The first-order valence-corrected chi connectivity index (χ1v) is 5.79. The highest BCUT2D eigenvalue weighted by atomic mass is 32.1. The van der Waals surface area contributed by atoms with Crippen molar-refractivity contribution in [3.63, 3.8) is 0 Å². The third-order valence-electron chi connectivity index (χ3n) is 2.11. The maximum absolute atomic E-state index is 11.4. The van der Waals surface area contributed by atoms with Gasteiger partial charge in [-0.25, -0.2) is 4.98 Å². The summed E-state index contributed by atoms with van der Waals surface area (Å²) in [6.07, 6.45) is 0. The number of carboxylic acids is 1. The van der Waals surface area contributed by atoms with Gasteiger partial charge in [-0.05, 0) is 12.8 Å². The van der Waals surface area contributed by atoms with E-state index in [1.165, 1.54) is 18.3 Å². The fourth-order valence-electron chi connectivity index (χ4n) is 0.935. The van der Waals surface area contributed by atoms with Crippen molar-refractivity contribution in [2.24, 2.45) is 5.92 Å². The Morgan fingerprint density at radius 1 is 1.44 bits per heavy atom. The summed E-state index contributed by atoms with van der Waals surface area (Å²) in [6, 6.07) is 0. The molecule has 1 aromatic rings. The molecule has 1 heterocycles. The van der Waals surface area contributed by atoms with Crippen molar-refractivity contribution in [3.8, 4) is 0 Å². The molecule has 16 heavy (non-hydrogen) atoms. The van der Waals surface area contributed by atoms with Crippen LogP contribution in [0.15, 0.2) is 5.38 Å². The summed E-state index contributed by atoms with van der Waals surface area (Å²) >= 11 is 1.30. The van der Waals surface area contributed by atoms with Gasteiger partial charge >= 0.3 is 5.97 Å². The van der Waals surface area contributed by atoms with E-state index in [4.69, 9.17) is 5.11 Å². The Morgan fingerprint density at radius 3 is 2.50 bits per heavy atom. The lowest BCUT2D eigenvalue weighted by atomic mass is 10.2. The smallest absolute Gasteiger partial charge is 0.315 e.